The maximum atomic E-state index is 11.6. The summed E-state index contributed by atoms with van der Waals surface area (Å²) in [5, 5.41) is 3.12. The first kappa shape index (κ1) is 9.04. The number of rotatable bonds is 2. The molecule has 2 fully saturated rings. The zero-order chi connectivity index (χ0) is 9.85. The van der Waals surface area contributed by atoms with Crippen LogP contribution in [-0.4, -0.2) is 11.9 Å². The van der Waals surface area contributed by atoms with E-state index < -0.39 is 0 Å². The Morgan fingerprint density at radius 2 is 1.62 bits per heavy atom. The van der Waals surface area contributed by atoms with E-state index in [-0.39, 0.29) is 17.2 Å². The average molecular weight is 181 g/mol. The van der Waals surface area contributed by atoms with Gasteiger partial charge >= 0.3 is 0 Å². The van der Waals surface area contributed by atoms with E-state index >= 15 is 0 Å². The Hall–Kier alpha value is -0.530. The van der Waals surface area contributed by atoms with Crippen molar-refractivity contribution in [2.75, 3.05) is 0 Å². The molecule has 0 spiro atoms. The van der Waals surface area contributed by atoms with Gasteiger partial charge in [-0.25, -0.2) is 0 Å². The number of carbonyl (C=O) groups is 1. The molecule has 0 aromatic heterocycles. The summed E-state index contributed by atoms with van der Waals surface area (Å²) in [6.45, 7) is 8.73. The van der Waals surface area contributed by atoms with E-state index in [9.17, 15) is 4.79 Å². The predicted octanol–water partition coefficient (Wildman–Crippen LogP) is 1.95. The molecule has 2 saturated carbocycles. The van der Waals surface area contributed by atoms with E-state index in [4.69, 9.17) is 0 Å². The number of hydrogen-bond donors (Lipinski definition) is 1. The van der Waals surface area contributed by atoms with Crippen LogP contribution >= 0.6 is 0 Å². The maximum absolute atomic E-state index is 11.6. The molecule has 0 radical (unpaired) electrons. The van der Waals surface area contributed by atoms with E-state index in [1.807, 2.05) is 0 Å². The van der Waals surface area contributed by atoms with Gasteiger partial charge in [-0.1, -0.05) is 27.7 Å². The summed E-state index contributed by atoms with van der Waals surface area (Å²) in [7, 11) is 0. The lowest BCUT2D eigenvalue weighted by atomic mass is 10.1. The van der Waals surface area contributed by atoms with Crippen molar-refractivity contribution in [3.63, 3.8) is 0 Å². The average Bonchev–Trinajstić information content (AvgIpc) is 2.73. The second-order valence-corrected chi connectivity index (χ2v) is 6.00. The fourth-order valence-corrected chi connectivity index (χ4v) is 1.90. The summed E-state index contributed by atoms with van der Waals surface area (Å²) < 4.78 is 0. The highest BCUT2D eigenvalue weighted by molar-refractivity contribution is 5.83. The Balaban J connectivity index is 1.82. The molecule has 0 saturated heterocycles. The van der Waals surface area contributed by atoms with Gasteiger partial charge in [-0.2, -0.15) is 0 Å². The lowest BCUT2D eigenvalue weighted by Crippen LogP contribution is -2.30. The van der Waals surface area contributed by atoms with Crippen molar-refractivity contribution in [3.05, 3.63) is 0 Å². The standard InChI is InChI=1S/C11H19NO/c1-10(2)5-7(10)9(13)12-8-6-11(8,3)4/h7-8H,5-6H2,1-4H3,(H,12,13). The van der Waals surface area contributed by atoms with Gasteiger partial charge < -0.3 is 5.32 Å². The van der Waals surface area contributed by atoms with Crippen LogP contribution in [0.15, 0.2) is 0 Å². The van der Waals surface area contributed by atoms with Crippen LogP contribution in [0.25, 0.3) is 0 Å². The Morgan fingerprint density at radius 1 is 1.15 bits per heavy atom. The molecular formula is C11H19NO. The fraction of sp³-hybridized carbons (Fsp3) is 0.909. The second-order valence-electron chi connectivity index (χ2n) is 6.00. The Labute approximate surface area is 80.1 Å². The molecule has 74 valence electrons. The van der Waals surface area contributed by atoms with Crippen molar-refractivity contribution in [2.24, 2.45) is 16.7 Å². The molecule has 2 unspecified atom stereocenters. The third kappa shape index (κ3) is 1.59. The number of amides is 1. The number of carbonyl (C=O) groups excluding carboxylic acids is 1. The van der Waals surface area contributed by atoms with E-state index in [0.29, 0.717) is 11.5 Å². The smallest absolute Gasteiger partial charge is 0.223 e. The SMILES string of the molecule is CC1(C)CC1NC(=O)C1CC1(C)C. The molecule has 13 heavy (non-hydrogen) atoms. The van der Waals surface area contributed by atoms with Crippen LogP contribution in [0.1, 0.15) is 40.5 Å². The molecule has 2 aliphatic carbocycles. The third-order valence-corrected chi connectivity index (χ3v) is 3.66. The highest BCUT2D eigenvalue weighted by Crippen LogP contribution is 2.52. The Morgan fingerprint density at radius 3 is 1.92 bits per heavy atom. The zero-order valence-corrected chi connectivity index (χ0v) is 8.98. The summed E-state index contributed by atoms with van der Waals surface area (Å²) in [6.07, 6.45) is 2.21. The minimum Gasteiger partial charge on any atom is -0.353 e. The van der Waals surface area contributed by atoms with E-state index in [2.05, 4.69) is 33.0 Å². The van der Waals surface area contributed by atoms with Gasteiger partial charge in [0.1, 0.15) is 0 Å². The van der Waals surface area contributed by atoms with Crippen LogP contribution in [0.3, 0.4) is 0 Å². The molecule has 1 N–H and O–H groups in total. The van der Waals surface area contributed by atoms with Crippen LogP contribution in [0.2, 0.25) is 0 Å². The maximum Gasteiger partial charge on any atom is 0.223 e. The summed E-state index contributed by atoms with van der Waals surface area (Å²) >= 11 is 0. The molecule has 0 aromatic rings. The van der Waals surface area contributed by atoms with Crippen molar-refractivity contribution in [1.82, 2.24) is 5.32 Å². The van der Waals surface area contributed by atoms with Crippen LogP contribution in [0.4, 0.5) is 0 Å². The molecule has 2 heteroatoms. The minimum absolute atomic E-state index is 0.267. The lowest BCUT2D eigenvalue weighted by Gasteiger charge is -2.07. The van der Waals surface area contributed by atoms with Gasteiger partial charge in [-0.15, -0.1) is 0 Å². The van der Waals surface area contributed by atoms with Gasteiger partial charge in [-0.3, -0.25) is 4.79 Å². The summed E-state index contributed by atoms with van der Waals surface area (Å²) in [5.41, 5.74) is 0.623. The van der Waals surface area contributed by atoms with Crippen molar-refractivity contribution >= 4 is 5.91 Å². The van der Waals surface area contributed by atoms with Gasteiger partial charge in [0.2, 0.25) is 5.91 Å². The van der Waals surface area contributed by atoms with Gasteiger partial charge in [0.05, 0.1) is 0 Å². The van der Waals surface area contributed by atoms with Gasteiger partial charge in [0, 0.05) is 12.0 Å². The molecule has 0 aliphatic heterocycles. The van der Waals surface area contributed by atoms with E-state index in [0.717, 1.165) is 12.8 Å². The molecule has 1 amide bonds. The van der Waals surface area contributed by atoms with Crippen molar-refractivity contribution in [1.29, 1.82) is 0 Å². The molecule has 0 aromatic carbocycles. The topological polar surface area (TPSA) is 29.1 Å². The third-order valence-electron chi connectivity index (χ3n) is 3.66. The molecule has 2 aliphatic rings. The van der Waals surface area contributed by atoms with Crippen molar-refractivity contribution < 1.29 is 4.79 Å². The van der Waals surface area contributed by atoms with E-state index in [1.54, 1.807) is 0 Å². The Kier molecular flexibility index (Phi) is 1.59. The van der Waals surface area contributed by atoms with E-state index in [1.165, 1.54) is 0 Å². The first-order valence-electron chi connectivity index (χ1n) is 5.13. The quantitative estimate of drug-likeness (QED) is 0.693. The highest BCUT2D eigenvalue weighted by atomic mass is 16.2. The van der Waals surface area contributed by atoms with Gasteiger partial charge in [0.15, 0.2) is 0 Å². The molecule has 0 heterocycles. The molecule has 0 bridgehead atoms. The normalized spacial score (nSPS) is 38.2. The molecular weight excluding hydrogens is 162 g/mol. The molecule has 2 atom stereocenters. The van der Waals surface area contributed by atoms with Gasteiger partial charge in [-0.05, 0) is 23.7 Å². The number of hydrogen-bond acceptors (Lipinski definition) is 1. The summed E-state index contributed by atoms with van der Waals surface area (Å²) in [6, 6.07) is 0.441. The van der Waals surface area contributed by atoms with Crippen LogP contribution in [0, 0.1) is 16.7 Å². The van der Waals surface area contributed by atoms with Crippen LogP contribution in [0.5, 0.6) is 0 Å². The first-order chi connectivity index (χ1) is 5.83. The fourth-order valence-electron chi connectivity index (χ4n) is 1.90. The summed E-state index contributed by atoms with van der Waals surface area (Å²) in [4.78, 5) is 11.6. The zero-order valence-electron chi connectivity index (χ0n) is 8.98. The highest BCUT2D eigenvalue weighted by Gasteiger charge is 2.53. The molecule has 2 rings (SSSR count). The van der Waals surface area contributed by atoms with Gasteiger partial charge in [0.25, 0.3) is 0 Å². The van der Waals surface area contributed by atoms with Crippen molar-refractivity contribution in [3.8, 4) is 0 Å². The Bertz CT molecular complexity index is 255. The summed E-state index contributed by atoms with van der Waals surface area (Å²) in [5.74, 6) is 0.560. The largest absolute Gasteiger partial charge is 0.353 e. The first-order valence-corrected chi connectivity index (χ1v) is 5.13. The number of nitrogens with one attached hydrogen (secondary N) is 1. The second kappa shape index (κ2) is 2.28. The monoisotopic (exact) mass is 181 g/mol. The minimum atomic E-state index is 0.267. The predicted molar refractivity (Wildman–Crippen MR) is 52.2 cm³/mol. The lowest BCUT2D eigenvalue weighted by molar-refractivity contribution is -0.123. The van der Waals surface area contributed by atoms with Crippen LogP contribution < -0.4 is 5.32 Å². The molecule has 2 nitrogen and oxygen atoms in total. The van der Waals surface area contributed by atoms with Crippen molar-refractivity contribution in [2.45, 2.75) is 46.6 Å². The van der Waals surface area contributed by atoms with Crippen LogP contribution in [-0.2, 0) is 4.79 Å².